The number of hydrogen-bond donors (Lipinski definition) is 1. The summed E-state index contributed by atoms with van der Waals surface area (Å²) in [7, 11) is 1.54. The fraction of sp³-hybridized carbons (Fsp3) is 0.154. The SMILES string of the molecule is COc1ccc(C)cc1COC(=O)c1ccc2c(c1)C(=O)N(c1ccc(NC(C)=O)cc1)C2=O. The summed E-state index contributed by atoms with van der Waals surface area (Å²) < 4.78 is 10.7. The van der Waals surface area contributed by atoms with Crippen LogP contribution in [-0.2, 0) is 16.1 Å². The lowest BCUT2D eigenvalue weighted by molar-refractivity contribution is -0.114. The van der Waals surface area contributed by atoms with Gasteiger partial charge in [-0.3, -0.25) is 14.4 Å². The third-order valence-corrected chi connectivity index (χ3v) is 5.36. The summed E-state index contributed by atoms with van der Waals surface area (Å²) in [6.07, 6.45) is 0. The number of carbonyl (C=O) groups is 4. The lowest BCUT2D eigenvalue weighted by Gasteiger charge is -2.14. The lowest BCUT2D eigenvalue weighted by Crippen LogP contribution is -2.29. The molecule has 3 amide bonds. The van der Waals surface area contributed by atoms with Crippen LogP contribution in [0.25, 0.3) is 0 Å². The first-order valence-corrected chi connectivity index (χ1v) is 10.5. The monoisotopic (exact) mass is 458 g/mol. The van der Waals surface area contributed by atoms with Crippen LogP contribution in [0, 0.1) is 6.92 Å². The van der Waals surface area contributed by atoms with Crippen molar-refractivity contribution in [3.05, 3.63) is 88.5 Å². The number of aryl methyl sites for hydroxylation is 1. The van der Waals surface area contributed by atoms with Crippen LogP contribution < -0.4 is 15.0 Å². The van der Waals surface area contributed by atoms with Crippen molar-refractivity contribution >= 4 is 35.1 Å². The van der Waals surface area contributed by atoms with E-state index < -0.39 is 17.8 Å². The minimum atomic E-state index is -0.621. The van der Waals surface area contributed by atoms with Gasteiger partial charge in [0, 0.05) is 18.2 Å². The Morgan fingerprint density at radius 2 is 1.62 bits per heavy atom. The summed E-state index contributed by atoms with van der Waals surface area (Å²) in [6, 6.07) is 16.2. The van der Waals surface area contributed by atoms with Gasteiger partial charge in [-0.2, -0.15) is 0 Å². The molecule has 1 aliphatic rings. The van der Waals surface area contributed by atoms with Crippen molar-refractivity contribution in [3.63, 3.8) is 0 Å². The first kappa shape index (κ1) is 22.7. The highest BCUT2D eigenvalue weighted by Gasteiger charge is 2.37. The molecule has 3 aromatic carbocycles. The molecule has 0 unspecified atom stereocenters. The van der Waals surface area contributed by atoms with E-state index in [2.05, 4.69) is 5.32 Å². The van der Waals surface area contributed by atoms with Crippen LogP contribution in [0.2, 0.25) is 0 Å². The molecule has 0 saturated carbocycles. The van der Waals surface area contributed by atoms with E-state index in [9.17, 15) is 19.2 Å². The number of esters is 1. The van der Waals surface area contributed by atoms with Gasteiger partial charge >= 0.3 is 5.97 Å². The van der Waals surface area contributed by atoms with Crippen molar-refractivity contribution in [1.82, 2.24) is 0 Å². The summed E-state index contributed by atoms with van der Waals surface area (Å²) >= 11 is 0. The number of nitrogens with zero attached hydrogens (tertiary/aromatic N) is 1. The van der Waals surface area contributed by atoms with Crippen LogP contribution in [0.15, 0.2) is 60.7 Å². The summed E-state index contributed by atoms with van der Waals surface area (Å²) in [4.78, 5) is 50.8. The van der Waals surface area contributed by atoms with E-state index in [1.165, 1.54) is 32.2 Å². The highest BCUT2D eigenvalue weighted by molar-refractivity contribution is 6.34. The zero-order valence-electron chi connectivity index (χ0n) is 18.9. The largest absolute Gasteiger partial charge is 0.496 e. The van der Waals surface area contributed by atoms with Crippen molar-refractivity contribution in [2.24, 2.45) is 0 Å². The number of rotatable bonds is 6. The van der Waals surface area contributed by atoms with Gasteiger partial charge in [0.2, 0.25) is 5.91 Å². The number of nitrogens with one attached hydrogen (secondary N) is 1. The van der Waals surface area contributed by atoms with Crippen molar-refractivity contribution in [2.75, 3.05) is 17.3 Å². The third kappa shape index (κ3) is 4.38. The van der Waals surface area contributed by atoms with E-state index >= 15 is 0 Å². The van der Waals surface area contributed by atoms with Gasteiger partial charge in [-0.25, -0.2) is 9.69 Å². The molecule has 172 valence electrons. The number of anilines is 2. The van der Waals surface area contributed by atoms with E-state index in [1.54, 1.807) is 30.3 Å². The number of hydrogen-bond acceptors (Lipinski definition) is 6. The van der Waals surface area contributed by atoms with Gasteiger partial charge in [0.05, 0.1) is 29.5 Å². The van der Waals surface area contributed by atoms with Gasteiger partial charge in [0.15, 0.2) is 0 Å². The van der Waals surface area contributed by atoms with Crippen molar-refractivity contribution in [3.8, 4) is 5.75 Å². The molecule has 0 fully saturated rings. The van der Waals surface area contributed by atoms with Crippen LogP contribution in [0.5, 0.6) is 5.75 Å². The molecule has 1 N–H and O–H groups in total. The average molecular weight is 458 g/mol. The molecule has 34 heavy (non-hydrogen) atoms. The molecule has 0 atom stereocenters. The Hall–Kier alpha value is -4.46. The Morgan fingerprint density at radius 3 is 2.29 bits per heavy atom. The molecule has 0 aliphatic carbocycles. The Labute approximate surface area is 196 Å². The summed E-state index contributed by atoms with van der Waals surface area (Å²) in [5.74, 6) is -1.27. The van der Waals surface area contributed by atoms with Gasteiger partial charge in [-0.1, -0.05) is 11.6 Å². The summed E-state index contributed by atoms with van der Waals surface area (Å²) in [6.45, 7) is 3.31. The Bertz CT molecular complexity index is 1310. The van der Waals surface area contributed by atoms with E-state index in [0.717, 1.165) is 16.0 Å². The molecular formula is C26H22N2O6. The molecule has 4 rings (SSSR count). The van der Waals surface area contributed by atoms with Gasteiger partial charge < -0.3 is 14.8 Å². The molecule has 0 spiro atoms. The Morgan fingerprint density at radius 1 is 0.912 bits per heavy atom. The quantitative estimate of drug-likeness (QED) is 0.440. The molecule has 0 aromatic heterocycles. The fourth-order valence-corrected chi connectivity index (χ4v) is 3.75. The number of ether oxygens (including phenoxy) is 2. The van der Waals surface area contributed by atoms with Gasteiger partial charge in [-0.05, 0) is 61.5 Å². The normalized spacial score (nSPS) is 12.4. The number of amides is 3. The maximum absolute atomic E-state index is 13.0. The molecule has 0 bridgehead atoms. The second-order valence-corrected chi connectivity index (χ2v) is 7.83. The van der Waals surface area contributed by atoms with Crippen LogP contribution >= 0.6 is 0 Å². The predicted molar refractivity (Wildman–Crippen MR) is 125 cm³/mol. The third-order valence-electron chi connectivity index (χ3n) is 5.36. The number of carbonyl (C=O) groups excluding carboxylic acids is 4. The van der Waals surface area contributed by atoms with E-state index in [-0.39, 0.29) is 29.2 Å². The lowest BCUT2D eigenvalue weighted by atomic mass is 10.1. The van der Waals surface area contributed by atoms with Gasteiger partial charge in [0.1, 0.15) is 12.4 Å². The standard InChI is InChI=1S/C26H22N2O6/c1-15-4-11-23(33-3)18(12-15)14-34-26(32)17-5-10-21-22(13-17)25(31)28(24(21)30)20-8-6-19(7-9-20)27-16(2)29/h4-13H,14H2,1-3H3,(H,27,29). The summed E-state index contributed by atoms with van der Waals surface area (Å²) in [5.41, 5.74) is 3.11. The average Bonchev–Trinajstić information content (AvgIpc) is 3.07. The van der Waals surface area contributed by atoms with E-state index in [1.807, 2.05) is 19.1 Å². The minimum Gasteiger partial charge on any atom is -0.496 e. The zero-order valence-corrected chi connectivity index (χ0v) is 18.9. The summed E-state index contributed by atoms with van der Waals surface area (Å²) in [5, 5.41) is 2.63. The van der Waals surface area contributed by atoms with Crippen LogP contribution in [0.4, 0.5) is 11.4 Å². The number of imide groups is 1. The first-order valence-electron chi connectivity index (χ1n) is 10.5. The number of methoxy groups -OCH3 is 1. The van der Waals surface area contributed by atoms with E-state index in [0.29, 0.717) is 17.1 Å². The predicted octanol–water partition coefficient (Wildman–Crippen LogP) is 4.12. The molecule has 8 nitrogen and oxygen atoms in total. The molecule has 1 heterocycles. The second kappa shape index (κ2) is 9.19. The van der Waals surface area contributed by atoms with Crippen LogP contribution in [0.3, 0.4) is 0 Å². The highest BCUT2D eigenvalue weighted by Crippen LogP contribution is 2.30. The van der Waals surface area contributed by atoms with Gasteiger partial charge in [-0.15, -0.1) is 0 Å². The first-order chi connectivity index (χ1) is 16.3. The highest BCUT2D eigenvalue weighted by atomic mass is 16.5. The number of benzene rings is 3. The molecule has 0 radical (unpaired) electrons. The maximum Gasteiger partial charge on any atom is 0.338 e. The second-order valence-electron chi connectivity index (χ2n) is 7.83. The smallest absolute Gasteiger partial charge is 0.338 e. The van der Waals surface area contributed by atoms with Crippen LogP contribution in [-0.4, -0.2) is 30.8 Å². The molecule has 8 heteroatoms. The van der Waals surface area contributed by atoms with Crippen molar-refractivity contribution in [1.29, 1.82) is 0 Å². The van der Waals surface area contributed by atoms with Gasteiger partial charge in [0.25, 0.3) is 11.8 Å². The minimum absolute atomic E-state index is 0.000417. The van der Waals surface area contributed by atoms with Crippen molar-refractivity contribution in [2.45, 2.75) is 20.5 Å². The Balaban J connectivity index is 1.52. The van der Waals surface area contributed by atoms with Crippen LogP contribution in [0.1, 0.15) is 49.1 Å². The zero-order chi connectivity index (χ0) is 24.4. The molecule has 3 aromatic rings. The Kier molecular flexibility index (Phi) is 6.14. The van der Waals surface area contributed by atoms with Crippen molar-refractivity contribution < 1.29 is 28.7 Å². The fourth-order valence-electron chi connectivity index (χ4n) is 3.75. The topological polar surface area (TPSA) is 102 Å². The molecule has 0 saturated heterocycles. The number of fused-ring (bicyclic) bond motifs is 1. The maximum atomic E-state index is 13.0. The molecular weight excluding hydrogens is 436 g/mol. The molecule has 1 aliphatic heterocycles. The van der Waals surface area contributed by atoms with E-state index in [4.69, 9.17) is 9.47 Å².